The Kier molecular flexibility index (Phi) is 4.39. The Labute approximate surface area is 119 Å². The molecular weight excluding hydrogens is 254 g/mol. The van der Waals surface area contributed by atoms with Crippen LogP contribution >= 0.6 is 0 Å². The smallest absolute Gasteiger partial charge is 0.241 e. The number of benzene rings is 1. The molecule has 2 unspecified atom stereocenters. The van der Waals surface area contributed by atoms with Crippen molar-refractivity contribution in [2.75, 3.05) is 19.4 Å². The first-order valence-corrected chi connectivity index (χ1v) is 6.85. The van der Waals surface area contributed by atoms with E-state index in [0.29, 0.717) is 6.42 Å². The molecule has 0 spiro atoms. The summed E-state index contributed by atoms with van der Waals surface area (Å²) >= 11 is 0. The SMILES string of the molecule is CC(NC1CCc2ccccc2NC1=O)C(=O)N(C)C. The van der Waals surface area contributed by atoms with Crippen molar-refractivity contribution in [3.05, 3.63) is 29.8 Å². The standard InChI is InChI=1S/C15H21N3O2/c1-10(15(20)18(2)3)16-13-9-8-11-6-4-5-7-12(11)17-14(13)19/h4-7,10,13,16H,8-9H2,1-3H3,(H,17,19). The van der Waals surface area contributed by atoms with E-state index in [1.54, 1.807) is 21.0 Å². The fourth-order valence-corrected chi connectivity index (χ4v) is 2.43. The molecule has 5 heteroatoms. The lowest BCUT2D eigenvalue weighted by Gasteiger charge is -2.22. The number of para-hydroxylation sites is 1. The molecule has 1 heterocycles. The number of carbonyl (C=O) groups excluding carboxylic acids is 2. The number of amides is 2. The number of hydrogen-bond acceptors (Lipinski definition) is 3. The summed E-state index contributed by atoms with van der Waals surface area (Å²) in [4.78, 5) is 25.6. The molecule has 1 aromatic rings. The largest absolute Gasteiger partial charge is 0.347 e. The van der Waals surface area contributed by atoms with Gasteiger partial charge in [-0.3, -0.25) is 14.9 Å². The van der Waals surface area contributed by atoms with Gasteiger partial charge in [-0.25, -0.2) is 0 Å². The molecule has 2 rings (SSSR count). The summed E-state index contributed by atoms with van der Waals surface area (Å²) in [5.41, 5.74) is 2.00. The van der Waals surface area contributed by atoms with Crippen LogP contribution in [0, 0.1) is 0 Å². The second-order valence-corrected chi connectivity index (χ2v) is 5.36. The number of nitrogens with one attached hydrogen (secondary N) is 2. The number of fused-ring (bicyclic) bond motifs is 1. The lowest BCUT2D eigenvalue weighted by Crippen LogP contribution is -2.50. The summed E-state index contributed by atoms with van der Waals surface area (Å²) in [6.45, 7) is 1.79. The Morgan fingerprint density at radius 3 is 2.80 bits per heavy atom. The van der Waals surface area contributed by atoms with Crippen molar-refractivity contribution in [2.24, 2.45) is 0 Å². The van der Waals surface area contributed by atoms with E-state index < -0.39 is 0 Å². The predicted molar refractivity (Wildman–Crippen MR) is 78.5 cm³/mol. The molecule has 0 fully saturated rings. The maximum absolute atomic E-state index is 12.2. The molecule has 5 nitrogen and oxygen atoms in total. The molecule has 0 saturated heterocycles. The van der Waals surface area contributed by atoms with Gasteiger partial charge in [-0.15, -0.1) is 0 Å². The molecule has 0 saturated carbocycles. The zero-order chi connectivity index (χ0) is 14.7. The van der Waals surface area contributed by atoms with Gasteiger partial charge in [0.05, 0.1) is 12.1 Å². The highest BCUT2D eigenvalue weighted by molar-refractivity contribution is 5.96. The van der Waals surface area contributed by atoms with Crippen molar-refractivity contribution in [1.82, 2.24) is 10.2 Å². The van der Waals surface area contributed by atoms with Crippen molar-refractivity contribution >= 4 is 17.5 Å². The van der Waals surface area contributed by atoms with Crippen LogP contribution in [0.15, 0.2) is 24.3 Å². The number of anilines is 1. The van der Waals surface area contributed by atoms with Crippen LogP contribution in [-0.4, -0.2) is 42.9 Å². The molecule has 2 amide bonds. The summed E-state index contributed by atoms with van der Waals surface area (Å²) in [6.07, 6.45) is 1.50. The quantitative estimate of drug-likeness (QED) is 0.865. The van der Waals surface area contributed by atoms with Gasteiger partial charge in [0.2, 0.25) is 11.8 Å². The van der Waals surface area contributed by atoms with Gasteiger partial charge in [0.15, 0.2) is 0 Å². The van der Waals surface area contributed by atoms with Gasteiger partial charge in [0.1, 0.15) is 0 Å². The van der Waals surface area contributed by atoms with Crippen LogP contribution in [-0.2, 0) is 16.0 Å². The number of carbonyl (C=O) groups is 2. The Morgan fingerprint density at radius 1 is 1.40 bits per heavy atom. The van der Waals surface area contributed by atoms with E-state index in [1.165, 1.54) is 4.90 Å². The van der Waals surface area contributed by atoms with Crippen molar-refractivity contribution in [3.63, 3.8) is 0 Å². The molecule has 0 aliphatic carbocycles. The highest BCUT2D eigenvalue weighted by Crippen LogP contribution is 2.21. The van der Waals surface area contributed by atoms with E-state index in [1.807, 2.05) is 24.3 Å². The second-order valence-electron chi connectivity index (χ2n) is 5.36. The van der Waals surface area contributed by atoms with Crippen molar-refractivity contribution in [2.45, 2.75) is 31.8 Å². The lowest BCUT2D eigenvalue weighted by atomic mass is 10.1. The average Bonchev–Trinajstić information content (AvgIpc) is 2.57. The van der Waals surface area contributed by atoms with Crippen LogP contribution in [0.2, 0.25) is 0 Å². The molecule has 0 bridgehead atoms. The third-order valence-corrected chi connectivity index (χ3v) is 3.56. The van der Waals surface area contributed by atoms with Crippen LogP contribution in [0.1, 0.15) is 18.9 Å². The zero-order valence-corrected chi connectivity index (χ0v) is 12.1. The fraction of sp³-hybridized carbons (Fsp3) is 0.467. The van der Waals surface area contributed by atoms with E-state index in [9.17, 15) is 9.59 Å². The van der Waals surface area contributed by atoms with Gasteiger partial charge >= 0.3 is 0 Å². The van der Waals surface area contributed by atoms with Crippen molar-refractivity contribution in [1.29, 1.82) is 0 Å². The van der Waals surface area contributed by atoms with Crippen molar-refractivity contribution < 1.29 is 9.59 Å². The monoisotopic (exact) mass is 275 g/mol. The molecule has 0 aromatic heterocycles. The Bertz CT molecular complexity index is 514. The highest BCUT2D eigenvalue weighted by Gasteiger charge is 2.26. The minimum atomic E-state index is -0.373. The first kappa shape index (κ1) is 14.5. The number of hydrogen-bond donors (Lipinski definition) is 2. The van der Waals surface area contributed by atoms with Crippen LogP contribution < -0.4 is 10.6 Å². The predicted octanol–water partition coefficient (Wildman–Crippen LogP) is 1.01. The fourth-order valence-electron chi connectivity index (χ4n) is 2.43. The lowest BCUT2D eigenvalue weighted by molar-refractivity contribution is -0.131. The van der Waals surface area contributed by atoms with E-state index >= 15 is 0 Å². The molecule has 2 atom stereocenters. The van der Waals surface area contributed by atoms with Crippen LogP contribution in [0.5, 0.6) is 0 Å². The Balaban J connectivity index is 2.05. The first-order valence-electron chi connectivity index (χ1n) is 6.85. The molecule has 1 aliphatic heterocycles. The maximum Gasteiger partial charge on any atom is 0.241 e. The summed E-state index contributed by atoms with van der Waals surface area (Å²) in [5.74, 6) is -0.104. The number of nitrogens with zero attached hydrogens (tertiary/aromatic N) is 1. The molecule has 108 valence electrons. The number of rotatable bonds is 3. The molecule has 1 aliphatic rings. The maximum atomic E-state index is 12.2. The summed E-state index contributed by atoms with van der Waals surface area (Å²) in [5, 5.41) is 6.04. The number of aryl methyl sites for hydroxylation is 1. The number of likely N-dealkylation sites (N-methyl/N-ethyl adjacent to an activating group) is 1. The van der Waals surface area contributed by atoms with Crippen LogP contribution in [0.25, 0.3) is 0 Å². The third kappa shape index (κ3) is 3.17. The summed E-state index contributed by atoms with van der Waals surface area (Å²) in [6, 6.07) is 7.08. The Morgan fingerprint density at radius 2 is 2.10 bits per heavy atom. The van der Waals surface area contributed by atoms with Gasteiger partial charge in [-0.2, -0.15) is 0 Å². The van der Waals surface area contributed by atoms with Gasteiger partial charge in [-0.1, -0.05) is 18.2 Å². The topological polar surface area (TPSA) is 61.4 Å². The van der Waals surface area contributed by atoms with Crippen LogP contribution in [0.4, 0.5) is 5.69 Å². The van der Waals surface area contributed by atoms with Crippen molar-refractivity contribution in [3.8, 4) is 0 Å². The van der Waals surface area contributed by atoms with E-state index in [0.717, 1.165) is 17.7 Å². The molecule has 1 aromatic carbocycles. The average molecular weight is 275 g/mol. The zero-order valence-electron chi connectivity index (χ0n) is 12.1. The summed E-state index contributed by atoms with van der Waals surface area (Å²) < 4.78 is 0. The Hall–Kier alpha value is -1.88. The minimum Gasteiger partial charge on any atom is -0.347 e. The second kappa shape index (κ2) is 6.05. The van der Waals surface area contributed by atoms with Gasteiger partial charge in [-0.05, 0) is 31.4 Å². The summed E-state index contributed by atoms with van der Waals surface area (Å²) in [7, 11) is 3.42. The third-order valence-electron chi connectivity index (χ3n) is 3.56. The van der Waals surface area contributed by atoms with E-state index in [-0.39, 0.29) is 23.9 Å². The molecule has 0 radical (unpaired) electrons. The highest BCUT2D eigenvalue weighted by atomic mass is 16.2. The molecule has 20 heavy (non-hydrogen) atoms. The molecule has 2 N–H and O–H groups in total. The van der Waals surface area contributed by atoms with E-state index in [2.05, 4.69) is 10.6 Å². The van der Waals surface area contributed by atoms with Crippen LogP contribution in [0.3, 0.4) is 0 Å². The first-order chi connectivity index (χ1) is 9.49. The van der Waals surface area contributed by atoms with Gasteiger partial charge < -0.3 is 10.2 Å². The molecular formula is C15H21N3O2. The van der Waals surface area contributed by atoms with Gasteiger partial charge in [0.25, 0.3) is 0 Å². The van der Waals surface area contributed by atoms with Gasteiger partial charge in [0, 0.05) is 19.8 Å². The van der Waals surface area contributed by atoms with E-state index in [4.69, 9.17) is 0 Å². The normalized spacial score (nSPS) is 19.6. The minimum absolute atomic E-state index is 0.0282.